The lowest BCUT2D eigenvalue weighted by Gasteiger charge is -2.29. The Balaban J connectivity index is 1.24. The van der Waals surface area contributed by atoms with Gasteiger partial charge in [-0.2, -0.15) is 4.99 Å². The molecule has 1 aliphatic heterocycles. The fourth-order valence-corrected chi connectivity index (χ4v) is 5.99. The third-order valence-corrected chi connectivity index (χ3v) is 8.65. The van der Waals surface area contributed by atoms with Crippen molar-refractivity contribution in [1.29, 1.82) is 0 Å². The number of ether oxygens (including phenoxy) is 1. The number of nitrogens with two attached hydrogens (primary N) is 1. The van der Waals surface area contributed by atoms with Crippen molar-refractivity contribution in [3.63, 3.8) is 0 Å². The minimum absolute atomic E-state index is 0.00374. The highest BCUT2D eigenvalue weighted by atomic mass is 16.5. The number of amidine groups is 1. The van der Waals surface area contributed by atoms with Gasteiger partial charge in [-0.15, -0.1) is 0 Å². The van der Waals surface area contributed by atoms with Crippen LogP contribution in [0, 0.1) is 0 Å². The SMILES string of the molecule is NC(=NC(=O)OCc1ccccc1)c1ccc(CNC(=O)[C@@H]2C[C@H](c3ccccc3)CN2C(=O)[C@@H](CCc2ccccc2)NCC(=O)O)cc1. The van der Waals surface area contributed by atoms with Gasteiger partial charge in [0.25, 0.3) is 0 Å². The van der Waals surface area contributed by atoms with Gasteiger partial charge in [-0.05, 0) is 41.5 Å². The van der Waals surface area contributed by atoms with Crippen LogP contribution < -0.4 is 16.4 Å². The molecule has 0 radical (unpaired) electrons. The second-order valence-electron chi connectivity index (χ2n) is 12.2. The summed E-state index contributed by atoms with van der Waals surface area (Å²) in [6.45, 7) is 0.230. The van der Waals surface area contributed by atoms with Crippen LogP contribution in [0.25, 0.3) is 0 Å². The molecule has 4 aromatic carbocycles. The van der Waals surface area contributed by atoms with E-state index in [9.17, 15) is 24.3 Å². The van der Waals surface area contributed by atoms with E-state index in [0.717, 1.165) is 22.3 Å². The Kier molecular flexibility index (Phi) is 12.5. The van der Waals surface area contributed by atoms with Gasteiger partial charge in [0, 0.05) is 24.6 Å². The molecule has 3 atom stereocenters. The number of carbonyl (C=O) groups is 4. The molecule has 0 saturated carbocycles. The van der Waals surface area contributed by atoms with E-state index >= 15 is 0 Å². The number of nitrogens with zero attached hydrogens (tertiary/aromatic N) is 2. The van der Waals surface area contributed by atoms with Crippen LogP contribution in [0.5, 0.6) is 0 Å². The number of aryl methyl sites for hydroxylation is 1. The third-order valence-electron chi connectivity index (χ3n) is 8.65. The van der Waals surface area contributed by atoms with Crippen LogP contribution >= 0.6 is 0 Å². The van der Waals surface area contributed by atoms with Crippen molar-refractivity contribution in [3.05, 3.63) is 143 Å². The molecule has 4 aromatic rings. The molecular formula is C39H41N5O6. The number of hydrogen-bond acceptors (Lipinski definition) is 6. The van der Waals surface area contributed by atoms with Crippen molar-refractivity contribution in [3.8, 4) is 0 Å². The number of aliphatic carboxylic acids is 1. The Morgan fingerprint density at radius 3 is 2.10 bits per heavy atom. The number of carbonyl (C=O) groups excluding carboxylic acids is 3. The van der Waals surface area contributed by atoms with Crippen molar-refractivity contribution in [2.75, 3.05) is 13.1 Å². The largest absolute Gasteiger partial charge is 0.480 e. The molecule has 258 valence electrons. The zero-order valence-electron chi connectivity index (χ0n) is 27.6. The molecule has 5 N–H and O–H groups in total. The normalized spacial score (nSPS) is 16.4. The highest BCUT2D eigenvalue weighted by Crippen LogP contribution is 2.33. The first-order chi connectivity index (χ1) is 24.3. The molecule has 0 bridgehead atoms. The van der Waals surface area contributed by atoms with Crippen LogP contribution in [0.2, 0.25) is 0 Å². The Labute approximate surface area is 291 Å². The minimum atomic E-state index is -1.07. The number of benzene rings is 4. The summed E-state index contributed by atoms with van der Waals surface area (Å²) in [5.41, 5.74) is 10.2. The van der Waals surface area contributed by atoms with Crippen molar-refractivity contribution in [2.45, 2.75) is 50.4 Å². The fraction of sp³-hybridized carbons (Fsp3) is 0.256. The van der Waals surface area contributed by atoms with Gasteiger partial charge in [-0.3, -0.25) is 19.7 Å². The van der Waals surface area contributed by atoms with Gasteiger partial charge in [-0.25, -0.2) is 4.79 Å². The number of carboxylic acid groups (broad SMARTS) is 1. The van der Waals surface area contributed by atoms with Crippen LogP contribution in [0.15, 0.2) is 120 Å². The topological polar surface area (TPSA) is 163 Å². The maximum Gasteiger partial charge on any atom is 0.435 e. The molecule has 0 aliphatic carbocycles. The number of nitrogens with one attached hydrogen (secondary N) is 2. The molecule has 0 unspecified atom stereocenters. The summed E-state index contributed by atoms with van der Waals surface area (Å²) in [7, 11) is 0. The molecule has 3 amide bonds. The zero-order valence-corrected chi connectivity index (χ0v) is 27.6. The van der Waals surface area contributed by atoms with Crippen molar-refractivity contribution in [1.82, 2.24) is 15.5 Å². The summed E-state index contributed by atoms with van der Waals surface area (Å²) in [5, 5.41) is 15.2. The molecule has 0 aromatic heterocycles. The van der Waals surface area contributed by atoms with E-state index in [1.165, 1.54) is 0 Å². The Morgan fingerprint density at radius 1 is 0.840 bits per heavy atom. The van der Waals surface area contributed by atoms with E-state index in [0.29, 0.717) is 31.4 Å². The molecule has 1 saturated heterocycles. The third kappa shape index (κ3) is 10.1. The molecule has 1 heterocycles. The summed E-state index contributed by atoms with van der Waals surface area (Å²) in [5.74, 6) is -1.73. The monoisotopic (exact) mass is 675 g/mol. The predicted octanol–water partition coefficient (Wildman–Crippen LogP) is 4.41. The zero-order chi connectivity index (χ0) is 35.3. The second-order valence-corrected chi connectivity index (χ2v) is 12.2. The van der Waals surface area contributed by atoms with Gasteiger partial charge in [0.05, 0.1) is 12.6 Å². The lowest BCUT2D eigenvalue weighted by Crippen LogP contribution is -2.53. The highest BCUT2D eigenvalue weighted by Gasteiger charge is 2.42. The first kappa shape index (κ1) is 35.5. The average Bonchev–Trinajstić information content (AvgIpc) is 3.60. The summed E-state index contributed by atoms with van der Waals surface area (Å²) >= 11 is 0. The van der Waals surface area contributed by atoms with Crippen molar-refractivity contribution >= 4 is 29.7 Å². The van der Waals surface area contributed by atoms with Gasteiger partial charge in [0.1, 0.15) is 18.5 Å². The molecule has 11 heteroatoms. The molecule has 11 nitrogen and oxygen atoms in total. The van der Waals surface area contributed by atoms with Crippen molar-refractivity contribution < 1.29 is 29.0 Å². The minimum Gasteiger partial charge on any atom is -0.480 e. The standard InChI is InChI=1S/C39H41N5O6/c40-36(43-39(49)50-26-29-12-6-2-7-13-29)31-19-16-28(17-20-31)23-42-37(47)34-22-32(30-14-8-3-9-15-30)25-44(34)38(48)33(41-24-35(45)46)21-18-27-10-4-1-5-11-27/h1-17,19-20,32-34,41H,18,21-26H2,(H,42,47)(H,45,46)(H2,40,43,49)/t32-,33+,34-/m0/s1. The van der Waals surface area contributed by atoms with Gasteiger partial charge in [0.15, 0.2) is 0 Å². The second kappa shape index (κ2) is 17.5. The number of rotatable bonds is 14. The van der Waals surface area contributed by atoms with E-state index in [-0.39, 0.29) is 43.3 Å². The van der Waals surface area contributed by atoms with E-state index in [2.05, 4.69) is 15.6 Å². The molecule has 1 fully saturated rings. The van der Waals surface area contributed by atoms with E-state index in [1.807, 2.05) is 91.0 Å². The van der Waals surface area contributed by atoms with Gasteiger partial charge in [-0.1, -0.05) is 115 Å². The summed E-state index contributed by atoms with van der Waals surface area (Å²) < 4.78 is 5.18. The average molecular weight is 676 g/mol. The number of carboxylic acids is 1. The maximum absolute atomic E-state index is 14.1. The predicted molar refractivity (Wildman–Crippen MR) is 189 cm³/mol. The summed E-state index contributed by atoms with van der Waals surface area (Å²) in [6.07, 6.45) is 0.572. The Morgan fingerprint density at radius 2 is 1.46 bits per heavy atom. The quantitative estimate of drug-likeness (QED) is 0.113. The molecular weight excluding hydrogens is 634 g/mol. The van der Waals surface area contributed by atoms with Crippen LogP contribution in [-0.2, 0) is 38.7 Å². The number of amides is 3. The summed E-state index contributed by atoms with van der Waals surface area (Å²) in [6, 6.07) is 34.1. The number of hydrogen-bond donors (Lipinski definition) is 4. The Bertz CT molecular complexity index is 1770. The van der Waals surface area contributed by atoms with Crippen molar-refractivity contribution in [2.24, 2.45) is 10.7 Å². The molecule has 5 rings (SSSR count). The highest BCUT2D eigenvalue weighted by molar-refractivity contribution is 6.02. The first-order valence-corrected chi connectivity index (χ1v) is 16.5. The number of aliphatic imine (C=N–C) groups is 1. The Hall–Kier alpha value is -5.81. The fourth-order valence-electron chi connectivity index (χ4n) is 5.99. The molecule has 50 heavy (non-hydrogen) atoms. The summed E-state index contributed by atoms with van der Waals surface area (Å²) in [4.78, 5) is 56.8. The van der Waals surface area contributed by atoms with Gasteiger partial charge in [0.2, 0.25) is 11.8 Å². The number of likely N-dealkylation sites (tertiary alicyclic amines) is 1. The maximum atomic E-state index is 14.1. The smallest absolute Gasteiger partial charge is 0.435 e. The van der Waals surface area contributed by atoms with Crippen LogP contribution in [-0.4, -0.2) is 64.9 Å². The molecule has 0 spiro atoms. The van der Waals surface area contributed by atoms with E-state index in [4.69, 9.17) is 10.5 Å². The van der Waals surface area contributed by atoms with Crippen LogP contribution in [0.3, 0.4) is 0 Å². The van der Waals surface area contributed by atoms with Crippen LogP contribution in [0.1, 0.15) is 46.6 Å². The van der Waals surface area contributed by atoms with E-state index < -0.39 is 24.1 Å². The lowest BCUT2D eigenvalue weighted by molar-refractivity contribution is -0.141. The molecule has 1 aliphatic rings. The van der Waals surface area contributed by atoms with Crippen LogP contribution in [0.4, 0.5) is 4.79 Å². The van der Waals surface area contributed by atoms with Gasteiger partial charge < -0.3 is 25.8 Å². The van der Waals surface area contributed by atoms with E-state index in [1.54, 1.807) is 29.2 Å². The first-order valence-electron chi connectivity index (χ1n) is 16.5. The lowest BCUT2D eigenvalue weighted by atomic mass is 9.96. The van der Waals surface area contributed by atoms with Gasteiger partial charge >= 0.3 is 12.1 Å².